The monoisotopic (exact) mass is 296 g/mol. The fourth-order valence-electron chi connectivity index (χ4n) is 2.26. The highest BCUT2D eigenvalue weighted by atomic mass is 32.2. The van der Waals surface area contributed by atoms with E-state index in [2.05, 4.69) is 5.32 Å². The molecule has 1 aliphatic rings. The summed E-state index contributed by atoms with van der Waals surface area (Å²) in [7, 11) is -3.46. The number of nitrogens with one attached hydrogen (secondary N) is 1. The van der Waals surface area contributed by atoms with Crippen molar-refractivity contribution >= 4 is 21.6 Å². The first-order chi connectivity index (χ1) is 9.32. The molecule has 5 nitrogen and oxygen atoms in total. The fraction of sp³-hybridized carbons (Fsp3) is 0.500. The summed E-state index contributed by atoms with van der Waals surface area (Å²) in [6, 6.07) is 6.38. The van der Waals surface area contributed by atoms with Crippen LogP contribution in [0.5, 0.6) is 0 Å². The second kappa shape index (κ2) is 5.54. The Morgan fingerprint density at radius 1 is 1.25 bits per heavy atom. The Morgan fingerprint density at radius 3 is 2.20 bits per heavy atom. The molecule has 2 rings (SSSR count). The summed E-state index contributed by atoms with van der Waals surface area (Å²) in [6.45, 7) is 5.20. The Morgan fingerprint density at radius 2 is 1.80 bits per heavy atom. The van der Waals surface area contributed by atoms with Crippen molar-refractivity contribution in [2.45, 2.75) is 50.6 Å². The average Bonchev–Trinajstić information content (AvgIpc) is 3.12. The van der Waals surface area contributed by atoms with Gasteiger partial charge < -0.3 is 5.32 Å². The SMILES string of the molecule is CC(=O)Nc1ccc(S(=O)(=O)N(C(C)C)C2CC2)cc1. The Hall–Kier alpha value is -1.40. The zero-order chi connectivity index (χ0) is 14.9. The van der Waals surface area contributed by atoms with Crippen LogP contribution >= 0.6 is 0 Å². The number of nitrogens with zero attached hydrogens (tertiary/aromatic N) is 1. The van der Waals surface area contributed by atoms with Gasteiger partial charge in [0.2, 0.25) is 15.9 Å². The van der Waals surface area contributed by atoms with Crippen LogP contribution in [0.2, 0.25) is 0 Å². The lowest BCUT2D eigenvalue weighted by atomic mass is 10.3. The molecule has 0 unspecified atom stereocenters. The minimum Gasteiger partial charge on any atom is -0.326 e. The molecule has 1 aliphatic carbocycles. The summed E-state index contributed by atoms with van der Waals surface area (Å²) in [4.78, 5) is 11.2. The van der Waals surface area contributed by atoms with E-state index >= 15 is 0 Å². The molecule has 1 N–H and O–H groups in total. The first-order valence-electron chi connectivity index (χ1n) is 6.73. The maximum Gasteiger partial charge on any atom is 0.243 e. The van der Waals surface area contributed by atoms with Crippen LogP contribution in [0.4, 0.5) is 5.69 Å². The van der Waals surface area contributed by atoms with Gasteiger partial charge in [0.1, 0.15) is 0 Å². The van der Waals surface area contributed by atoms with Crippen LogP contribution in [0, 0.1) is 0 Å². The van der Waals surface area contributed by atoms with Gasteiger partial charge in [0.15, 0.2) is 0 Å². The molecule has 6 heteroatoms. The minimum atomic E-state index is -3.46. The Kier molecular flexibility index (Phi) is 4.15. The van der Waals surface area contributed by atoms with Gasteiger partial charge in [-0.3, -0.25) is 4.79 Å². The minimum absolute atomic E-state index is 0.0532. The molecule has 0 radical (unpaired) electrons. The number of carbonyl (C=O) groups is 1. The average molecular weight is 296 g/mol. The smallest absolute Gasteiger partial charge is 0.243 e. The van der Waals surface area contributed by atoms with Crippen molar-refractivity contribution in [3.8, 4) is 0 Å². The molecular formula is C14H20N2O3S. The molecule has 0 heterocycles. The third-order valence-corrected chi connectivity index (χ3v) is 5.31. The largest absolute Gasteiger partial charge is 0.326 e. The van der Waals surface area contributed by atoms with Crippen LogP contribution in [0.3, 0.4) is 0 Å². The van der Waals surface area contributed by atoms with E-state index in [1.807, 2.05) is 13.8 Å². The van der Waals surface area contributed by atoms with Gasteiger partial charge in [-0.15, -0.1) is 0 Å². The van der Waals surface area contributed by atoms with Crippen LogP contribution in [0.25, 0.3) is 0 Å². The molecular weight excluding hydrogens is 276 g/mol. The molecule has 110 valence electrons. The molecule has 1 amide bonds. The van der Waals surface area contributed by atoms with Crippen molar-refractivity contribution in [1.82, 2.24) is 4.31 Å². The highest BCUT2D eigenvalue weighted by molar-refractivity contribution is 7.89. The summed E-state index contributed by atoms with van der Waals surface area (Å²) in [6.07, 6.45) is 1.86. The van der Waals surface area contributed by atoms with Gasteiger partial charge in [0.25, 0.3) is 0 Å². The predicted octanol–water partition coefficient (Wildman–Crippen LogP) is 2.21. The molecule has 0 aromatic heterocycles. The van der Waals surface area contributed by atoms with Gasteiger partial charge in [-0.25, -0.2) is 8.42 Å². The van der Waals surface area contributed by atoms with Gasteiger partial charge in [0.05, 0.1) is 4.90 Å². The first-order valence-corrected chi connectivity index (χ1v) is 8.17. The number of amides is 1. The maximum absolute atomic E-state index is 12.6. The number of carbonyl (C=O) groups excluding carboxylic acids is 1. The highest BCUT2D eigenvalue weighted by Crippen LogP contribution is 2.34. The Bertz CT molecular complexity index is 587. The van der Waals surface area contributed by atoms with Crippen molar-refractivity contribution in [2.24, 2.45) is 0 Å². The summed E-state index contributed by atoms with van der Waals surface area (Å²) in [5, 5.41) is 2.62. The molecule has 1 saturated carbocycles. The topological polar surface area (TPSA) is 66.5 Å². The molecule has 0 aliphatic heterocycles. The van der Waals surface area contributed by atoms with Gasteiger partial charge in [-0.2, -0.15) is 4.31 Å². The number of hydrogen-bond donors (Lipinski definition) is 1. The van der Waals surface area contributed by atoms with Gasteiger partial charge >= 0.3 is 0 Å². The van der Waals surface area contributed by atoms with Crippen LogP contribution in [-0.4, -0.2) is 30.7 Å². The van der Waals surface area contributed by atoms with E-state index in [9.17, 15) is 13.2 Å². The van der Waals surface area contributed by atoms with Crippen molar-refractivity contribution < 1.29 is 13.2 Å². The molecule has 0 bridgehead atoms. The number of rotatable bonds is 5. The zero-order valence-electron chi connectivity index (χ0n) is 12.0. The van der Waals surface area contributed by atoms with E-state index in [4.69, 9.17) is 0 Å². The Labute approximate surface area is 120 Å². The molecule has 0 atom stereocenters. The maximum atomic E-state index is 12.6. The second-order valence-electron chi connectivity index (χ2n) is 5.37. The van der Waals surface area contributed by atoms with Crippen LogP contribution in [0.1, 0.15) is 33.6 Å². The van der Waals surface area contributed by atoms with E-state index < -0.39 is 10.0 Å². The summed E-state index contributed by atoms with van der Waals surface area (Å²) in [5.74, 6) is -0.178. The number of benzene rings is 1. The van der Waals surface area contributed by atoms with E-state index in [1.165, 1.54) is 6.92 Å². The molecule has 20 heavy (non-hydrogen) atoms. The molecule has 1 aromatic rings. The van der Waals surface area contributed by atoms with Crippen molar-refractivity contribution in [3.05, 3.63) is 24.3 Å². The number of hydrogen-bond acceptors (Lipinski definition) is 3. The quantitative estimate of drug-likeness (QED) is 0.906. The second-order valence-corrected chi connectivity index (χ2v) is 7.21. The highest BCUT2D eigenvalue weighted by Gasteiger charge is 2.39. The summed E-state index contributed by atoms with van der Waals surface area (Å²) < 4.78 is 26.8. The van der Waals surface area contributed by atoms with Gasteiger partial charge in [0, 0.05) is 24.7 Å². The molecule has 1 aromatic carbocycles. The van der Waals surface area contributed by atoms with Crippen molar-refractivity contribution in [1.29, 1.82) is 0 Å². The molecule has 1 fully saturated rings. The first kappa shape index (κ1) is 15.0. The third kappa shape index (κ3) is 3.19. The summed E-state index contributed by atoms with van der Waals surface area (Å²) in [5.41, 5.74) is 0.596. The third-order valence-electron chi connectivity index (χ3n) is 3.17. The summed E-state index contributed by atoms with van der Waals surface area (Å²) >= 11 is 0. The lowest BCUT2D eigenvalue weighted by Crippen LogP contribution is -2.38. The van der Waals surface area contributed by atoms with E-state index in [-0.39, 0.29) is 22.9 Å². The normalized spacial score (nSPS) is 15.7. The predicted molar refractivity (Wildman–Crippen MR) is 77.9 cm³/mol. The number of anilines is 1. The van der Waals surface area contributed by atoms with E-state index in [1.54, 1.807) is 28.6 Å². The van der Waals surface area contributed by atoms with E-state index in [0.29, 0.717) is 5.69 Å². The van der Waals surface area contributed by atoms with Crippen LogP contribution in [-0.2, 0) is 14.8 Å². The molecule has 0 spiro atoms. The van der Waals surface area contributed by atoms with Gasteiger partial charge in [-0.05, 0) is 51.0 Å². The zero-order valence-corrected chi connectivity index (χ0v) is 12.8. The van der Waals surface area contributed by atoms with E-state index in [0.717, 1.165) is 12.8 Å². The van der Waals surface area contributed by atoms with Crippen LogP contribution in [0.15, 0.2) is 29.2 Å². The fourth-order valence-corrected chi connectivity index (χ4v) is 4.14. The lowest BCUT2D eigenvalue weighted by molar-refractivity contribution is -0.114. The van der Waals surface area contributed by atoms with Gasteiger partial charge in [-0.1, -0.05) is 0 Å². The van der Waals surface area contributed by atoms with Crippen LogP contribution < -0.4 is 5.32 Å². The van der Waals surface area contributed by atoms with Crippen molar-refractivity contribution in [3.63, 3.8) is 0 Å². The van der Waals surface area contributed by atoms with Crippen molar-refractivity contribution in [2.75, 3.05) is 5.32 Å². The molecule has 0 saturated heterocycles. The standard InChI is InChI=1S/C14H20N2O3S/c1-10(2)16(13-6-7-13)20(18,19)14-8-4-12(5-9-14)15-11(3)17/h4-5,8-10,13H,6-7H2,1-3H3,(H,15,17). The Balaban J connectivity index is 2.26. The lowest BCUT2D eigenvalue weighted by Gasteiger charge is -2.25. The number of sulfonamides is 1.